The molecule has 1 N–H and O–H groups in total. The summed E-state index contributed by atoms with van der Waals surface area (Å²) in [6, 6.07) is 15.8. The van der Waals surface area contributed by atoms with Crippen LogP contribution in [0, 0.1) is 6.92 Å². The van der Waals surface area contributed by atoms with Gasteiger partial charge < -0.3 is 14.8 Å². The van der Waals surface area contributed by atoms with Crippen molar-refractivity contribution < 1.29 is 14.3 Å². The quantitative estimate of drug-likeness (QED) is 0.704. The smallest absolute Gasteiger partial charge is 0.261 e. The van der Waals surface area contributed by atoms with Crippen LogP contribution >= 0.6 is 0 Å². The lowest BCUT2D eigenvalue weighted by molar-refractivity contribution is -0.128. The van der Waals surface area contributed by atoms with Crippen LogP contribution in [-0.4, -0.2) is 25.7 Å². The number of carbonyl (C=O) groups is 1. The summed E-state index contributed by atoms with van der Waals surface area (Å²) in [5, 5.41) is 2.97. The van der Waals surface area contributed by atoms with Crippen molar-refractivity contribution in [1.82, 2.24) is 5.32 Å². The van der Waals surface area contributed by atoms with Gasteiger partial charge in [-0.25, -0.2) is 0 Å². The number of rotatable bonds is 9. The van der Waals surface area contributed by atoms with Crippen LogP contribution in [0.4, 0.5) is 0 Å². The molecule has 2 rings (SSSR count). The Kier molecular flexibility index (Phi) is 7.33. The third-order valence-electron chi connectivity index (χ3n) is 4.03. The van der Waals surface area contributed by atoms with Gasteiger partial charge in [0.15, 0.2) is 17.6 Å². The monoisotopic (exact) mass is 341 g/mol. The Bertz CT molecular complexity index is 684. The van der Waals surface area contributed by atoms with Crippen molar-refractivity contribution in [2.45, 2.75) is 39.2 Å². The molecule has 0 heterocycles. The first-order valence-electron chi connectivity index (χ1n) is 8.77. The van der Waals surface area contributed by atoms with Crippen LogP contribution < -0.4 is 14.8 Å². The first-order chi connectivity index (χ1) is 12.1. The summed E-state index contributed by atoms with van der Waals surface area (Å²) in [6.45, 7) is 4.66. The lowest BCUT2D eigenvalue weighted by atomic mass is 10.1. The SMILES string of the molecule is CC[C@@H](Oc1ccccc1OC)C(=O)NCCCc1cccc(C)c1. The molecule has 0 radical (unpaired) electrons. The zero-order valence-electron chi connectivity index (χ0n) is 15.2. The van der Waals surface area contributed by atoms with Crippen LogP contribution in [-0.2, 0) is 11.2 Å². The molecule has 134 valence electrons. The first-order valence-corrected chi connectivity index (χ1v) is 8.77. The predicted molar refractivity (Wildman–Crippen MR) is 100 cm³/mol. The Labute approximate surface area is 150 Å². The highest BCUT2D eigenvalue weighted by Gasteiger charge is 2.19. The molecular formula is C21H27NO3. The lowest BCUT2D eigenvalue weighted by Crippen LogP contribution is -2.38. The average Bonchev–Trinajstić information content (AvgIpc) is 2.63. The summed E-state index contributed by atoms with van der Waals surface area (Å²) in [6.07, 6.45) is 1.93. The van der Waals surface area contributed by atoms with E-state index in [9.17, 15) is 4.79 Å². The van der Waals surface area contributed by atoms with E-state index in [1.54, 1.807) is 7.11 Å². The number of benzene rings is 2. The lowest BCUT2D eigenvalue weighted by Gasteiger charge is -2.18. The van der Waals surface area contributed by atoms with Crippen molar-refractivity contribution in [3.05, 3.63) is 59.7 Å². The molecule has 25 heavy (non-hydrogen) atoms. The minimum absolute atomic E-state index is 0.0855. The molecule has 4 nitrogen and oxygen atoms in total. The number of aryl methyl sites for hydroxylation is 2. The van der Waals surface area contributed by atoms with Crippen LogP contribution in [0.25, 0.3) is 0 Å². The van der Waals surface area contributed by atoms with Crippen molar-refractivity contribution in [3.63, 3.8) is 0 Å². The summed E-state index contributed by atoms with van der Waals surface area (Å²) in [4.78, 5) is 12.4. The van der Waals surface area contributed by atoms with E-state index in [1.165, 1.54) is 11.1 Å². The summed E-state index contributed by atoms with van der Waals surface area (Å²) < 4.78 is 11.1. The number of nitrogens with one attached hydrogen (secondary N) is 1. The van der Waals surface area contributed by atoms with Crippen molar-refractivity contribution in [2.24, 2.45) is 0 Å². The average molecular weight is 341 g/mol. The molecule has 2 aromatic rings. The third kappa shape index (κ3) is 5.82. The molecule has 4 heteroatoms. The van der Waals surface area contributed by atoms with E-state index in [2.05, 4.69) is 36.5 Å². The number of methoxy groups -OCH3 is 1. The number of hydrogen-bond acceptors (Lipinski definition) is 3. The Morgan fingerprint density at radius 2 is 1.88 bits per heavy atom. The molecule has 0 aliphatic carbocycles. The molecule has 1 atom stereocenters. The van der Waals surface area contributed by atoms with E-state index < -0.39 is 6.10 Å². The van der Waals surface area contributed by atoms with Crippen LogP contribution in [0.2, 0.25) is 0 Å². The Morgan fingerprint density at radius 1 is 1.12 bits per heavy atom. The largest absolute Gasteiger partial charge is 0.493 e. The molecule has 0 aliphatic rings. The van der Waals surface area contributed by atoms with Gasteiger partial charge in [-0.15, -0.1) is 0 Å². The first kappa shape index (κ1) is 18.8. The minimum atomic E-state index is -0.518. The van der Waals surface area contributed by atoms with Crippen LogP contribution in [0.3, 0.4) is 0 Å². The van der Waals surface area contributed by atoms with E-state index in [0.717, 1.165) is 12.8 Å². The van der Waals surface area contributed by atoms with E-state index in [-0.39, 0.29) is 5.91 Å². The normalized spacial score (nSPS) is 11.6. The van der Waals surface area contributed by atoms with Crippen molar-refractivity contribution >= 4 is 5.91 Å². The van der Waals surface area contributed by atoms with Crippen LogP contribution in [0.5, 0.6) is 11.5 Å². The molecule has 2 aromatic carbocycles. The summed E-state index contributed by atoms with van der Waals surface area (Å²) in [5.41, 5.74) is 2.56. The van der Waals surface area contributed by atoms with Gasteiger partial charge in [-0.2, -0.15) is 0 Å². The Morgan fingerprint density at radius 3 is 2.56 bits per heavy atom. The van der Waals surface area contributed by atoms with Gasteiger partial charge in [-0.1, -0.05) is 48.9 Å². The fourth-order valence-electron chi connectivity index (χ4n) is 2.68. The molecule has 0 unspecified atom stereocenters. The topological polar surface area (TPSA) is 47.6 Å². The second-order valence-corrected chi connectivity index (χ2v) is 6.05. The van der Waals surface area contributed by atoms with Crippen LogP contribution in [0.15, 0.2) is 48.5 Å². The van der Waals surface area contributed by atoms with Gasteiger partial charge in [0.25, 0.3) is 5.91 Å². The molecule has 0 saturated heterocycles. The number of ether oxygens (including phenoxy) is 2. The summed E-state index contributed by atoms with van der Waals surface area (Å²) >= 11 is 0. The zero-order chi connectivity index (χ0) is 18.1. The summed E-state index contributed by atoms with van der Waals surface area (Å²) in [7, 11) is 1.59. The maximum absolute atomic E-state index is 12.4. The Hall–Kier alpha value is -2.49. The standard InChI is InChI=1S/C21H27NO3/c1-4-18(25-20-13-6-5-12-19(20)24-3)21(23)22-14-8-11-17-10-7-9-16(2)15-17/h5-7,9-10,12-13,15,18H,4,8,11,14H2,1-3H3,(H,22,23)/t18-/m1/s1. The van der Waals surface area contributed by atoms with Gasteiger partial charge >= 0.3 is 0 Å². The maximum Gasteiger partial charge on any atom is 0.261 e. The van der Waals surface area contributed by atoms with Gasteiger partial charge in [-0.05, 0) is 43.9 Å². The molecule has 0 bridgehead atoms. The highest BCUT2D eigenvalue weighted by Crippen LogP contribution is 2.27. The molecule has 0 spiro atoms. The van der Waals surface area contributed by atoms with E-state index >= 15 is 0 Å². The molecule has 0 aromatic heterocycles. The molecular weight excluding hydrogens is 314 g/mol. The number of para-hydroxylation sites is 2. The van der Waals surface area contributed by atoms with Gasteiger partial charge in [0.2, 0.25) is 0 Å². The zero-order valence-corrected chi connectivity index (χ0v) is 15.2. The predicted octanol–water partition coefficient (Wildman–Crippen LogP) is 3.91. The van der Waals surface area contributed by atoms with Gasteiger partial charge in [0, 0.05) is 6.54 Å². The van der Waals surface area contributed by atoms with Gasteiger partial charge in [-0.3, -0.25) is 4.79 Å². The van der Waals surface area contributed by atoms with E-state index in [0.29, 0.717) is 24.5 Å². The van der Waals surface area contributed by atoms with Gasteiger partial charge in [0.05, 0.1) is 7.11 Å². The van der Waals surface area contributed by atoms with E-state index in [4.69, 9.17) is 9.47 Å². The van der Waals surface area contributed by atoms with E-state index in [1.807, 2.05) is 31.2 Å². The molecule has 0 aliphatic heterocycles. The van der Waals surface area contributed by atoms with Crippen molar-refractivity contribution in [2.75, 3.05) is 13.7 Å². The van der Waals surface area contributed by atoms with Gasteiger partial charge in [0.1, 0.15) is 0 Å². The maximum atomic E-state index is 12.4. The Balaban J connectivity index is 1.81. The van der Waals surface area contributed by atoms with Crippen LogP contribution in [0.1, 0.15) is 30.9 Å². The fraction of sp³-hybridized carbons (Fsp3) is 0.381. The highest BCUT2D eigenvalue weighted by atomic mass is 16.5. The third-order valence-corrected chi connectivity index (χ3v) is 4.03. The molecule has 1 amide bonds. The van der Waals surface area contributed by atoms with Crippen molar-refractivity contribution in [1.29, 1.82) is 0 Å². The van der Waals surface area contributed by atoms with Crippen molar-refractivity contribution in [3.8, 4) is 11.5 Å². The molecule has 0 fully saturated rings. The fourth-order valence-corrected chi connectivity index (χ4v) is 2.68. The minimum Gasteiger partial charge on any atom is -0.493 e. The second kappa shape index (κ2) is 9.72. The highest BCUT2D eigenvalue weighted by molar-refractivity contribution is 5.81. The molecule has 0 saturated carbocycles. The second-order valence-electron chi connectivity index (χ2n) is 6.05. The summed E-state index contributed by atoms with van der Waals surface area (Å²) in [5.74, 6) is 1.14. The number of amides is 1. The number of hydrogen-bond donors (Lipinski definition) is 1. The number of carbonyl (C=O) groups excluding carboxylic acids is 1.